The molecule has 104 valence electrons. The van der Waals surface area contributed by atoms with Gasteiger partial charge in [0.1, 0.15) is 5.01 Å². The summed E-state index contributed by atoms with van der Waals surface area (Å²) < 4.78 is 0. The van der Waals surface area contributed by atoms with Gasteiger partial charge in [-0.25, -0.2) is 0 Å². The van der Waals surface area contributed by atoms with Crippen LogP contribution in [0, 0.1) is 5.92 Å². The predicted molar refractivity (Wildman–Crippen MR) is 82.6 cm³/mol. The number of carbonyl (C=O) groups excluding carboxylic acids is 1. The van der Waals surface area contributed by atoms with Crippen LogP contribution in [0.15, 0.2) is 36.4 Å². The van der Waals surface area contributed by atoms with Crippen LogP contribution in [0.5, 0.6) is 0 Å². The third kappa shape index (κ3) is 4.59. The number of carbonyl (C=O) groups is 1. The van der Waals surface area contributed by atoms with Gasteiger partial charge < -0.3 is 0 Å². The van der Waals surface area contributed by atoms with Crippen molar-refractivity contribution in [3.63, 3.8) is 0 Å². The average Bonchev–Trinajstić information content (AvgIpc) is 2.84. The lowest BCUT2D eigenvalue weighted by Gasteiger charge is -1.97. The third-order valence-corrected chi connectivity index (χ3v) is 3.37. The molecule has 2 rings (SSSR count). The van der Waals surface area contributed by atoms with Crippen molar-refractivity contribution in [2.75, 3.05) is 5.32 Å². The van der Waals surface area contributed by atoms with Crippen LogP contribution < -0.4 is 5.32 Å². The van der Waals surface area contributed by atoms with Crippen LogP contribution in [0.4, 0.5) is 5.13 Å². The highest BCUT2D eigenvalue weighted by atomic mass is 32.1. The Balaban J connectivity index is 1.91. The predicted octanol–water partition coefficient (Wildman–Crippen LogP) is 3.39. The van der Waals surface area contributed by atoms with E-state index in [1.807, 2.05) is 30.3 Å². The second-order valence-electron chi connectivity index (χ2n) is 4.83. The first-order valence-corrected chi connectivity index (χ1v) is 7.31. The molecule has 0 aliphatic rings. The molecular weight excluding hydrogens is 270 g/mol. The number of amides is 1. The van der Waals surface area contributed by atoms with E-state index in [0.717, 1.165) is 17.0 Å². The molecule has 0 unspecified atom stereocenters. The smallest absolute Gasteiger partial charge is 0.250 e. The number of nitrogens with zero attached hydrogens (tertiary/aromatic N) is 2. The summed E-state index contributed by atoms with van der Waals surface area (Å²) in [5, 5.41) is 12.2. The number of anilines is 1. The SMILES string of the molecule is CC(C)Cc1nnc(NC(=O)/C=C/c2ccccc2)s1. The van der Waals surface area contributed by atoms with E-state index in [0.29, 0.717) is 11.0 Å². The van der Waals surface area contributed by atoms with E-state index in [4.69, 9.17) is 0 Å². The van der Waals surface area contributed by atoms with E-state index in [-0.39, 0.29) is 5.91 Å². The van der Waals surface area contributed by atoms with Crippen LogP contribution in [0.2, 0.25) is 0 Å². The van der Waals surface area contributed by atoms with E-state index in [9.17, 15) is 4.79 Å². The Kier molecular flexibility index (Phi) is 5.01. The van der Waals surface area contributed by atoms with Crippen molar-refractivity contribution < 1.29 is 4.79 Å². The average molecular weight is 287 g/mol. The Morgan fingerprint density at radius 3 is 2.75 bits per heavy atom. The van der Waals surface area contributed by atoms with Crippen LogP contribution >= 0.6 is 11.3 Å². The molecule has 4 nitrogen and oxygen atoms in total. The minimum absolute atomic E-state index is 0.193. The maximum Gasteiger partial charge on any atom is 0.250 e. The number of nitrogens with one attached hydrogen (secondary N) is 1. The summed E-state index contributed by atoms with van der Waals surface area (Å²) in [6.07, 6.45) is 4.15. The molecule has 0 aliphatic carbocycles. The third-order valence-electron chi connectivity index (χ3n) is 2.51. The van der Waals surface area contributed by atoms with E-state index in [1.54, 1.807) is 6.08 Å². The second-order valence-corrected chi connectivity index (χ2v) is 5.89. The molecule has 0 saturated heterocycles. The van der Waals surface area contributed by atoms with Crippen LogP contribution in [-0.2, 0) is 11.2 Å². The first-order valence-electron chi connectivity index (χ1n) is 6.50. The number of aromatic nitrogens is 2. The van der Waals surface area contributed by atoms with Gasteiger partial charge in [0.05, 0.1) is 0 Å². The number of benzene rings is 1. The largest absolute Gasteiger partial charge is 0.297 e. The monoisotopic (exact) mass is 287 g/mol. The highest BCUT2D eigenvalue weighted by Gasteiger charge is 2.07. The quantitative estimate of drug-likeness (QED) is 0.858. The lowest BCUT2D eigenvalue weighted by molar-refractivity contribution is -0.111. The summed E-state index contributed by atoms with van der Waals surface area (Å²) >= 11 is 1.42. The van der Waals surface area contributed by atoms with Gasteiger partial charge in [0.15, 0.2) is 0 Å². The Bertz CT molecular complexity index is 590. The van der Waals surface area contributed by atoms with Gasteiger partial charge in [-0.3, -0.25) is 10.1 Å². The van der Waals surface area contributed by atoms with E-state index < -0.39 is 0 Å². The maximum absolute atomic E-state index is 11.8. The molecule has 0 radical (unpaired) electrons. The molecule has 0 spiro atoms. The van der Waals surface area contributed by atoms with Crippen molar-refractivity contribution in [1.29, 1.82) is 0 Å². The first-order chi connectivity index (χ1) is 9.63. The number of hydrogen-bond donors (Lipinski definition) is 1. The highest BCUT2D eigenvalue weighted by molar-refractivity contribution is 7.15. The fourth-order valence-electron chi connectivity index (χ4n) is 1.62. The minimum atomic E-state index is -0.193. The molecule has 1 amide bonds. The Labute approximate surface area is 122 Å². The second kappa shape index (κ2) is 6.96. The van der Waals surface area contributed by atoms with Gasteiger partial charge in [0, 0.05) is 12.5 Å². The van der Waals surface area contributed by atoms with Gasteiger partial charge in [-0.15, -0.1) is 10.2 Å². The lowest BCUT2D eigenvalue weighted by atomic mass is 10.1. The molecule has 1 N–H and O–H groups in total. The molecule has 1 aromatic carbocycles. The van der Waals surface area contributed by atoms with Crippen molar-refractivity contribution in [1.82, 2.24) is 10.2 Å². The summed E-state index contributed by atoms with van der Waals surface area (Å²) in [7, 11) is 0. The number of hydrogen-bond acceptors (Lipinski definition) is 4. The van der Waals surface area contributed by atoms with Crippen molar-refractivity contribution in [3.8, 4) is 0 Å². The Morgan fingerprint density at radius 2 is 2.05 bits per heavy atom. The standard InChI is InChI=1S/C15H17N3OS/c1-11(2)10-14-17-18-15(20-14)16-13(19)9-8-12-6-4-3-5-7-12/h3-9,11H,10H2,1-2H3,(H,16,18,19)/b9-8+. The lowest BCUT2D eigenvalue weighted by Crippen LogP contribution is -2.07. The molecule has 0 bridgehead atoms. The van der Waals surface area contributed by atoms with Crippen molar-refractivity contribution in [3.05, 3.63) is 47.0 Å². The zero-order valence-electron chi connectivity index (χ0n) is 11.5. The summed E-state index contributed by atoms with van der Waals surface area (Å²) in [6, 6.07) is 9.68. The van der Waals surface area contributed by atoms with Gasteiger partial charge in [-0.05, 0) is 17.6 Å². The summed E-state index contributed by atoms with van der Waals surface area (Å²) in [5.41, 5.74) is 0.986. The topological polar surface area (TPSA) is 54.9 Å². The first kappa shape index (κ1) is 14.4. The summed E-state index contributed by atoms with van der Waals surface area (Å²) in [6.45, 7) is 4.25. The van der Waals surface area contributed by atoms with Gasteiger partial charge in [0.2, 0.25) is 11.0 Å². The molecular formula is C15H17N3OS. The van der Waals surface area contributed by atoms with E-state index in [2.05, 4.69) is 29.4 Å². The molecule has 1 heterocycles. The van der Waals surface area contributed by atoms with Crippen molar-refractivity contribution in [2.45, 2.75) is 20.3 Å². The zero-order chi connectivity index (χ0) is 14.4. The fraction of sp³-hybridized carbons (Fsp3) is 0.267. The van der Waals surface area contributed by atoms with E-state index >= 15 is 0 Å². The van der Waals surface area contributed by atoms with Crippen LogP contribution in [-0.4, -0.2) is 16.1 Å². The maximum atomic E-state index is 11.8. The Hall–Kier alpha value is -2.01. The molecule has 5 heteroatoms. The molecule has 0 saturated carbocycles. The van der Waals surface area contributed by atoms with Crippen molar-refractivity contribution in [2.24, 2.45) is 5.92 Å². The molecule has 20 heavy (non-hydrogen) atoms. The highest BCUT2D eigenvalue weighted by Crippen LogP contribution is 2.18. The molecule has 0 atom stereocenters. The summed E-state index contributed by atoms with van der Waals surface area (Å²) in [5.74, 6) is 0.338. The van der Waals surface area contributed by atoms with Crippen LogP contribution in [0.3, 0.4) is 0 Å². The van der Waals surface area contributed by atoms with Gasteiger partial charge in [-0.1, -0.05) is 55.5 Å². The van der Waals surface area contributed by atoms with Crippen LogP contribution in [0.25, 0.3) is 6.08 Å². The summed E-state index contributed by atoms with van der Waals surface area (Å²) in [4.78, 5) is 11.8. The van der Waals surface area contributed by atoms with E-state index in [1.165, 1.54) is 17.4 Å². The molecule has 0 fully saturated rings. The van der Waals surface area contributed by atoms with Crippen LogP contribution in [0.1, 0.15) is 24.4 Å². The fourth-order valence-corrected chi connectivity index (χ4v) is 2.57. The zero-order valence-corrected chi connectivity index (χ0v) is 12.4. The molecule has 1 aromatic heterocycles. The Morgan fingerprint density at radius 1 is 1.30 bits per heavy atom. The normalized spacial score (nSPS) is 11.2. The number of rotatable bonds is 5. The van der Waals surface area contributed by atoms with Gasteiger partial charge in [-0.2, -0.15) is 0 Å². The minimum Gasteiger partial charge on any atom is -0.297 e. The van der Waals surface area contributed by atoms with Gasteiger partial charge in [0.25, 0.3) is 0 Å². The van der Waals surface area contributed by atoms with Gasteiger partial charge >= 0.3 is 0 Å². The van der Waals surface area contributed by atoms with Crippen molar-refractivity contribution >= 4 is 28.5 Å². The molecule has 2 aromatic rings. The molecule has 0 aliphatic heterocycles.